The minimum Gasteiger partial charge on any atom is -0.308 e. The first-order valence-corrected chi connectivity index (χ1v) is 5.66. The van der Waals surface area contributed by atoms with Crippen molar-refractivity contribution in [2.75, 3.05) is 20.6 Å². The highest BCUT2D eigenvalue weighted by Gasteiger charge is 2.10. The molecular weight excluding hydrogens is 218 g/mol. The first kappa shape index (κ1) is 11.9. The number of hydrazine groups is 1. The number of nitrogens with two attached hydrogens (primary N) is 1. The highest BCUT2D eigenvalue weighted by molar-refractivity contribution is 7.16. The van der Waals surface area contributed by atoms with Gasteiger partial charge in [-0.2, -0.15) is 0 Å². The Labute approximate surface area is 93.8 Å². The molecule has 1 aromatic rings. The first-order chi connectivity index (χ1) is 6.61. The summed E-state index contributed by atoms with van der Waals surface area (Å²) in [4.78, 5) is 3.37. The molecule has 1 atom stereocenters. The fraction of sp³-hybridized carbons (Fsp3) is 0.556. The fourth-order valence-electron chi connectivity index (χ4n) is 1.32. The zero-order chi connectivity index (χ0) is 10.6. The number of hydrogen-bond acceptors (Lipinski definition) is 4. The van der Waals surface area contributed by atoms with Gasteiger partial charge in [0.1, 0.15) is 0 Å². The van der Waals surface area contributed by atoms with Crippen molar-refractivity contribution < 1.29 is 0 Å². The summed E-state index contributed by atoms with van der Waals surface area (Å²) in [5.74, 6) is 5.47. The molecule has 1 rings (SSSR count). The molecule has 3 nitrogen and oxygen atoms in total. The Morgan fingerprint density at radius 2 is 2.29 bits per heavy atom. The van der Waals surface area contributed by atoms with Gasteiger partial charge in [-0.1, -0.05) is 11.6 Å². The van der Waals surface area contributed by atoms with Crippen molar-refractivity contribution in [3.63, 3.8) is 0 Å². The zero-order valence-electron chi connectivity index (χ0n) is 8.46. The highest BCUT2D eigenvalue weighted by atomic mass is 35.5. The molecule has 0 aliphatic carbocycles. The molecule has 0 spiro atoms. The summed E-state index contributed by atoms with van der Waals surface area (Å²) < 4.78 is 0.834. The molecule has 1 heterocycles. The SMILES string of the molecule is CN(C)CC(Cc1ccc(Cl)s1)NN. The van der Waals surface area contributed by atoms with Gasteiger partial charge in [0.05, 0.1) is 4.34 Å². The van der Waals surface area contributed by atoms with E-state index < -0.39 is 0 Å². The average molecular weight is 234 g/mol. The Morgan fingerprint density at radius 1 is 1.57 bits per heavy atom. The van der Waals surface area contributed by atoms with Gasteiger partial charge in [0.15, 0.2) is 0 Å². The molecule has 0 saturated heterocycles. The molecule has 14 heavy (non-hydrogen) atoms. The van der Waals surface area contributed by atoms with Crippen LogP contribution in [-0.4, -0.2) is 31.6 Å². The number of halogens is 1. The minimum atomic E-state index is 0.278. The molecule has 3 N–H and O–H groups in total. The smallest absolute Gasteiger partial charge is 0.0931 e. The molecule has 0 aromatic carbocycles. The molecule has 0 saturated carbocycles. The third-order valence-electron chi connectivity index (χ3n) is 1.90. The zero-order valence-corrected chi connectivity index (χ0v) is 10.0. The number of hydrogen-bond donors (Lipinski definition) is 2. The van der Waals surface area contributed by atoms with E-state index in [4.69, 9.17) is 17.4 Å². The van der Waals surface area contributed by atoms with Crippen LogP contribution in [-0.2, 0) is 6.42 Å². The van der Waals surface area contributed by atoms with E-state index >= 15 is 0 Å². The van der Waals surface area contributed by atoms with Gasteiger partial charge in [-0.15, -0.1) is 11.3 Å². The minimum absolute atomic E-state index is 0.278. The summed E-state index contributed by atoms with van der Waals surface area (Å²) in [6.45, 7) is 0.923. The summed E-state index contributed by atoms with van der Waals surface area (Å²) in [5, 5.41) is 0. The van der Waals surface area contributed by atoms with Crippen LogP contribution >= 0.6 is 22.9 Å². The summed E-state index contributed by atoms with van der Waals surface area (Å²) >= 11 is 7.46. The van der Waals surface area contributed by atoms with E-state index in [2.05, 4.69) is 10.3 Å². The maximum atomic E-state index is 5.85. The molecule has 0 aliphatic heterocycles. The van der Waals surface area contributed by atoms with Crippen LogP contribution in [0, 0.1) is 0 Å². The summed E-state index contributed by atoms with van der Waals surface area (Å²) in [6.07, 6.45) is 0.923. The van der Waals surface area contributed by atoms with Crippen LogP contribution in [0.1, 0.15) is 4.88 Å². The number of nitrogens with one attached hydrogen (secondary N) is 1. The van der Waals surface area contributed by atoms with E-state index in [9.17, 15) is 0 Å². The van der Waals surface area contributed by atoms with Crippen molar-refractivity contribution >= 4 is 22.9 Å². The molecule has 80 valence electrons. The molecule has 0 bridgehead atoms. The van der Waals surface area contributed by atoms with Crippen molar-refractivity contribution in [3.05, 3.63) is 21.3 Å². The van der Waals surface area contributed by atoms with Crippen LogP contribution in [0.15, 0.2) is 12.1 Å². The highest BCUT2D eigenvalue weighted by Crippen LogP contribution is 2.22. The van der Waals surface area contributed by atoms with Gasteiger partial charge in [-0.25, -0.2) is 0 Å². The second kappa shape index (κ2) is 5.68. The van der Waals surface area contributed by atoms with Gasteiger partial charge in [0.25, 0.3) is 0 Å². The predicted octanol–water partition coefficient (Wildman–Crippen LogP) is 1.34. The lowest BCUT2D eigenvalue weighted by molar-refractivity contribution is 0.339. The summed E-state index contributed by atoms with van der Waals surface area (Å²) in [6, 6.07) is 4.25. The van der Waals surface area contributed by atoms with Crippen LogP contribution in [0.5, 0.6) is 0 Å². The van der Waals surface area contributed by atoms with Crippen LogP contribution in [0.3, 0.4) is 0 Å². The van der Waals surface area contributed by atoms with Crippen LogP contribution in [0.4, 0.5) is 0 Å². The van der Waals surface area contributed by atoms with E-state index in [1.807, 2.05) is 26.2 Å². The Hall–Kier alpha value is -0.130. The standard InChI is InChI=1S/C9H16ClN3S/c1-13(2)6-7(12-11)5-8-3-4-9(10)14-8/h3-4,7,12H,5-6,11H2,1-2H3. The average Bonchev–Trinajstić information content (AvgIpc) is 2.49. The monoisotopic (exact) mass is 233 g/mol. The van der Waals surface area contributed by atoms with Gasteiger partial charge in [0.2, 0.25) is 0 Å². The van der Waals surface area contributed by atoms with Crippen LogP contribution in [0.2, 0.25) is 4.34 Å². The predicted molar refractivity (Wildman–Crippen MR) is 62.7 cm³/mol. The van der Waals surface area contributed by atoms with Crippen molar-refractivity contribution in [2.45, 2.75) is 12.5 Å². The Balaban J connectivity index is 2.48. The molecule has 0 aliphatic rings. The maximum Gasteiger partial charge on any atom is 0.0931 e. The molecule has 0 amide bonds. The summed E-state index contributed by atoms with van der Waals surface area (Å²) in [7, 11) is 4.07. The Morgan fingerprint density at radius 3 is 2.71 bits per heavy atom. The van der Waals surface area contributed by atoms with E-state index in [-0.39, 0.29) is 6.04 Å². The molecule has 1 aromatic heterocycles. The molecular formula is C9H16ClN3S. The van der Waals surface area contributed by atoms with Gasteiger partial charge < -0.3 is 4.90 Å². The number of likely N-dealkylation sites (N-methyl/N-ethyl adjacent to an activating group) is 1. The third kappa shape index (κ3) is 3.94. The van der Waals surface area contributed by atoms with Crippen molar-refractivity contribution in [1.82, 2.24) is 10.3 Å². The number of nitrogens with zero attached hydrogens (tertiary/aromatic N) is 1. The van der Waals surface area contributed by atoms with Crippen molar-refractivity contribution in [1.29, 1.82) is 0 Å². The van der Waals surface area contributed by atoms with Crippen molar-refractivity contribution in [3.8, 4) is 0 Å². The topological polar surface area (TPSA) is 41.3 Å². The lowest BCUT2D eigenvalue weighted by Crippen LogP contribution is -2.43. The molecule has 1 unspecified atom stereocenters. The lowest BCUT2D eigenvalue weighted by Gasteiger charge is -2.19. The molecule has 0 radical (unpaired) electrons. The van der Waals surface area contributed by atoms with Gasteiger partial charge in [-0.3, -0.25) is 11.3 Å². The van der Waals surface area contributed by atoms with Gasteiger partial charge in [-0.05, 0) is 32.6 Å². The third-order valence-corrected chi connectivity index (χ3v) is 3.15. The molecule has 5 heteroatoms. The number of rotatable bonds is 5. The van der Waals surface area contributed by atoms with Crippen LogP contribution < -0.4 is 11.3 Å². The summed E-state index contributed by atoms with van der Waals surface area (Å²) in [5.41, 5.74) is 2.81. The molecule has 0 fully saturated rings. The normalized spacial score (nSPS) is 13.5. The quantitative estimate of drug-likeness (QED) is 0.596. The van der Waals surface area contributed by atoms with E-state index in [0.717, 1.165) is 17.3 Å². The Bertz CT molecular complexity index is 275. The maximum absolute atomic E-state index is 5.85. The lowest BCUT2D eigenvalue weighted by atomic mass is 10.2. The Kier molecular flexibility index (Phi) is 4.84. The van der Waals surface area contributed by atoms with E-state index in [0.29, 0.717) is 0 Å². The second-order valence-corrected chi connectivity index (χ2v) is 5.34. The van der Waals surface area contributed by atoms with Crippen molar-refractivity contribution in [2.24, 2.45) is 5.84 Å². The van der Waals surface area contributed by atoms with E-state index in [1.54, 1.807) is 11.3 Å². The second-order valence-electron chi connectivity index (χ2n) is 3.54. The van der Waals surface area contributed by atoms with Crippen LogP contribution in [0.25, 0.3) is 0 Å². The van der Waals surface area contributed by atoms with E-state index in [1.165, 1.54) is 4.88 Å². The number of thiophene rings is 1. The fourth-order valence-corrected chi connectivity index (χ4v) is 2.49. The van der Waals surface area contributed by atoms with Gasteiger partial charge in [0, 0.05) is 17.5 Å². The largest absolute Gasteiger partial charge is 0.308 e. The van der Waals surface area contributed by atoms with Gasteiger partial charge >= 0.3 is 0 Å². The first-order valence-electron chi connectivity index (χ1n) is 4.47.